The first-order chi connectivity index (χ1) is 9.59. The molecule has 0 aliphatic rings. The van der Waals surface area contributed by atoms with Gasteiger partial charge in [0.15, 0.2) is 9.84 Å². The van der Waals surface area contributed by atoms with Crippen LogP contribution in [0.1, 0.15) is 13.3 Å². The molecule has 7 nitrogen and oxygen atoms in total. The molecular formula is C12H17NO6S2. The molecular weight excluding hydrogens is 318 g/mol. The zero-order valence-corrected chi connectivity index (χ0v) is 13.3. The monoisotopic (exact) mass is 335 g/mol. The molecule has 0 aliphatic heterocycles. The lowest BCUT2D eigenvalue weighted by molar-refractivity contribution is -0.137. The van der Waals surface area contributed by atoms with E-state index in [1.54, 1.807) is 6.92 Å². The minimum Gasteiger partial charge on any atom is -0.480 e. The van der Waals surface area contributed by atoms with Crippen molar-refractivity contribution in [2.24, 2.45) is 0 Å². The van der Waals surface area contributed by atoms with Crippen molar-refractivity contribution in [3.8, 4) is 0 Å². The van der Waals surface area contributed by atoms with E-state index in [1.807, 2.05) is 0 Å². The van der Waals surface area contributed by atoms with Crippen LogP contribution in [-0.4, -0.2) is 51.6 Å². The average Bonchev–Trinajstić information content (AvgIpc) is 2.37. The Balaban J connectivity index is 3.31. The lowest BCUT2D eigenvalue weighted by atomic mass is 10.4. The van der Waals surface area contributed by atoms with Gasteiger partial charge in [-0.05, 0) is 24.6 Å². The minimum absolute atomic E-state index is 0.0394. The number of aliphatic carboxylic acids is 1. The van der Waals surface area contributed by atoms with E-state index in [2.05, 4.69) is 0 Å². The Morgan fingerprint density at radius 1 is 1.19 bits per heavy atom. The second-order valence-electron chi connectivity index (χ2n) is 4.48. The highest BCUT2D eigenvalue weighted by Gasteiger charge is 2.26. The minimum atomic E-state index is -4.05. The van der Waals surface area contributed by atoms with Crippen LogP contribution >= 0.6 is 0 Å². The molecule has 0 saturated heterocycles. The molecule has 0 radical (unpaired) electrons. The number of carboxylic acids is 1. The van der Waals surface area contributed by atoms with Crippen molar-refractivity contribution in [3.05, 3.63) is 24.3 Å². The van der Waals surface area contributed by atoms with E-state index in [0.29, 0.717) is 6.42 Å². The van der Waals surface area contributed by atoms with Gasteiger partial charge >= 0.3 is 5.97 Å². The fourth-order valence-corrected chi connectivity index (χ4v) is 3.97. The SMILES string of the molecule is CCCN(CC(=O)O)S(=O)(=O)c1cccc(S(C)(=O)=O)c1. The second kappa shape index (κ2) is 6.54. The Labute approximate surface area is 124 Å². The lowest BCUT2D eigenvalue weighted by Gasteiger charge is -2.19. The molecule has 1 N–H and O–H groups in total. The van der Waals surface area contributed by atoms with E-state index >= 15 is 0 Å². The fraction of sp³-hybridized carbons (Fsp3) is 0.417. The second-order valence-corrected chi connectivity index (χ2v) is 8.43. The zero-order valence-electron chi connectivity index (χ0n) is 11.7. The molecule has 0 saturated carbocycles. The van der Waals surface area contributed by atoms with E-state index < -0.39 is 32.4 Å². The Kier molecular flexibility index (Phi) is 5.48. The van der Waals surface area contributed by atoms with Crippen LogP contribution in [0.25, 0.3) is 0 Å². The standard InChI is InChI=1S/C12H17NO6S2/c1-3-7-13(9-12(14)15)21(18,19)11-6-4-5-10(8-11)20(2,16)17/h4-6,8H,3,7,9H2,1-2H3,(H,14,15). The normalized spacial score (nSPS) is 12.5. The molecule has 1 rings (SSSR count). The lowest BCUT2D eigenvalue weighted by Crippen LogP contribution is -2.36. The molecule has 0 fully saturated rings. The van der Waals surface area contributed by atoms with E-state index in [0.717, 1.165) is 16.6 Å². The molecule has 0 aromatic heterocycles. The van der Waals surface area contributed by atoms with Gasteiger partial charge in [0.05, 0.1) is 9.79 Å². The summed E-state index contributed by atoms with van der Waals surface area (Å²) in [6, 6.07) is 4.88. The summed E-state index contributed by atoms with van der Waals surface area (Å²) >= 11 is 0. The summed E-state index contributed by atoms with van der Waals surface area (Å²) in [5.41, 5.74) is 0. The summed E-state index contributed by atoms with van der Waals surface area (Å²) < 4.78 is 48.6. The van der Waals surface area contributed by atoms with E-state index in [-0.39, 0.29) is 16.3 Å². The highest BCUT2D eigenvalue weighted by atomic mass is 32.2. The average molecular weight is 335 g/mol. The molecule has 21 heavy (non-hydrogen) atoms. The third-order valence-corrected chi connectivity index (χ3v) is 5.61. The first kappa shape index (κ1) is 17.6. The molecule has 0 bridgehead atoms. The van der Waals surface area contributed by atoms with Gasteiger partial charge in [-0.2, -0.15) is 4.31 Å². The predicted molar refractivity (Wildman–Crippen MR) is 76.2 cm³/mol. The molecule has 0 heterocycles. The maximum Gasteiger partial charge on any atom is 0.318 e. The van der Waals surface area contributed by atoms with Gasteiger partial charge in [0.2, 0.25) is 10.0 Å². The zero-order chi connectivity index (χ0) is 16.3. The molecule has 0 aliphatic carbocycles. The van der Waals surface area contributed by atoms with Gasteiger partial charge in [-0.3, -0.25) is 4.79 Å². The highest BCUT2D eigenvalue weighted by molar-refractivity contribution is 7.91. The number of nitrogens with zero attached hydrogens (tertiary/aromatic N) is 1. The number of carboxylic acid groups (broad SMARTS) is 1. The van der Waals surface area contributed by atoms with Crippen molar-refractivity contribution >= 4 is 25.8 Å². The van der Waals surface area contributed by atoms with Crippen LogP contribution in [-0.2, 0) is 24.7 Å². The highest BCUT2D eigenvalue weighted by Crippen LogP contribution is 2.19. The van der Waals surface area contributed by atoms with Gasteiger partial charge in [-0.15, -0.1) is 0 Å². The van der Waals surface area contributed by atoms with Crippen LogP contribution in [0.4, 0.5) is 0 Å². The van der Waals surface area contributed by atoms with Crippen molar-refractivity contribution in [2.75, 3.05) is 19.3 Å². The van der Waals surface area contributed by atoms with Gasteiger partial charge in [0.25, 0.3) is 0 Å². The van der Waals surface area contributed by atoms with Crippen molar-refractivity contribution in [1.29, 1.82) is 0 Å². The number of hydrogen-bond acceptors (Lipinski definition) is 5. The molecule has 0 unspecified atom stereocenters. The van der Waals surface area contributed by atoms with Gasteiger partial charge in [0.1, 0.15) is 6.54 Å². The smallest absolute Gasteiger partial charge is 0.318 e. The van der Waals surface area contributed by atoms with Gasteiger partial charge < -0.3 is 5.11 Å². The van der Waals surface area contributed by atoms with Crippen molar-refractivity contribution in [2.45, 2.75) is 23.1 Å². The van der Waals surface area contributed by atoms with Crippen molar-refractivity contribution < 1.29 is 26.7 Å². The summed E-state index contributed by atoms with van der Waals surface area (Å²) in [7, 11) is -7.60. The van der Waals surface area contributed by atoms with Gasteiger partial charge in [-0.25, -0.2) is 16.8 Å². The maximum absolute atomic E-state index is 12.4. The largest absolute Gasteiger partial charge is 0.480 e. The first-order valence-corrected chi connectivity index (χ1v) is 9.44. The Hall–Kier alpha value is -1.45. The van der Waals surface area contributed by atoms with E-state index in [1.165, 1.54) is 18.2 Å². The molecule has 0 amide bonds. The molecule has 0 spiro atoms. The summed E-state index contributed by atoms with van der Waals surface area (Å²) in [5, 5.41) is 8.80. The third-order valence-electron chi connectivity index (χ3n) is 2.66. The van der Waals surface area contributed by atoms with Crippen LogP contribution in [0.15, 0.2) is 34.1 Å². The van der Waals surface area contributed by atoms with Crippen LogP contribution in [0, 0.1) is 0 Å². The van der Waals surface area contributed by atoms with E-state index in [4.69, 9.17) is 5.11 Å². The number of rotatable bonds is 7. The summed E-state index contributed by atoms with van der Waals surface area (Å²) in [4.78, 5) is 10.4. The third kappa shape index (κ3) is 4.51. The summed E-state index contributed by atoms with van der Waals surface area (Å²) in [6.07, 6.45) is 1.41. The molecule has 9 heteroatoms. The Morgan fingerprint density at radius 2 is 1.76 bits per heavy atom. The van der Waals surface area contributed by atoms with Crippen molar-refractivity contribution in [3.63, 3.8) is 0 Å². The number of hydrogen-bond donors (Lipinski definition) is 1. The van der Waals surface area contributed by atoms with Gasteiger partial charge in [0, 0.05) is 12.8 Å². The van der Waals surface area contributed by atoms with Crippen LogP contribution < -0.4 is 0 Å². The Bertz CT molecular complexity index is 724. The number of sulfonamides is 1. The molecule has 0 atom stereocenters. The Morgan fingerprint density at radius 3 is 2.24 bits per heavy atom. The molecule has 1 aromatic rings. The van der Waals surface area contributed by atoms with E-state index in [9.17, 15) is 21.6 Å². The van der Waals surface area contributed by atoms with Crippen molar-refractivity contribution in [1.82, 2.24) is 4.31 Å². The first-order valence-electron chi connectivity index (χ1n) is 6.11. The summed E-state index contributed by atoms with van der Waals surface area (Å²) in [5.74, 6) is -1.27. The van der Waals surface area contributed by atoms with Crippen LogP contribution in [0.3, 0.4) is 0 Å². The van der Waals surface area contributed by atoms with Gasteiger partial charge in [-0.1, -0.05) is 13.0 Å². The van der Waals surface area contributed by atoms with Crippen LogP contribution in [0.5, 0.6) is 0 Å². The maximum atomic E-state index is 12.4. The molecule has 1 aromatic carbocycles. The number of sulfone groups is 1. The fourth-order valence-electron chi connectivity index (χ4n) is 1.70. The number of benzene rings is 1. The topological polar surface area (TPSA) is 109 Å². The summed E-state index contributed by atoms with van der Waals surface area (Å²) in [6.45, 7) is 1.09. The predicted octanol–water partition coefficient (Wildman–Crippen LogP) is 0.575. The number of carbonyl (C=O) groups is 1. The van der Waals surface area contributed by atoms with Crippen LogP contribution in [0.2, 0.25) is 0 Å². The molecule has 118 valence electrons. The quantitative estimate of drug-likeness (QED) is 0.780.